The number of nitrogens with zero attached hydrogens (tertiary/aromatic N) is 2. The molecule has 4 heteroatoms. The van der Waals surface area contributed by atoms with Gasteiger partial charge in [-0.15, -0.1) is 0 Å². The standard InChI is InChI=1S/C11H12N4/c1-8-6-13-11(14-7-8)15-10-4-2-9(12)3-5-10/h2-7H,12H2,1H3,(H,13,14,15). The molecule has 0 aliphatic rings. The third-order valence-corrected chi connectivity index (χ3v) is 1.95. The van der Waals surface area contributed by atoms with Gasteiger partial charge in [0.15, 0.2) is 0 Å². The quantitative estimate of drug-likeness (QED) is 0.729. The summed E-state index contributed by atoms with van der Waals surface area (Å²) in [5.74, 6) is 0.588. The highest BCUT2D eigenvalue weighted by Crippen LogP contribution is 2.14. The monoisotopic (exact) mass is 200 g/mol. The minimum atomic E-state index is 0.588. The maximum absolute atomic E-state index is 5.58. The van der Waals surface area contributed by atoms with Gasteiger partial charge in [0.2, 0.25) is 5.95 Å². The second kappa shape index (κ2) is 3.96. The summed E-state index contributed by atoms with van der Waals surface area (Å²) in [5.41, 5.74) is 8.29. The zero-order valence-electron chi connectivity index (χ0n) is 8.44. The molecule has 0 fully saturated rings. The minimum absolute atomic E-state index is 0.588. The molecule has 0 atom stereocenters. The average molecular weight is 200 g/mol. The summed E-state index contributed by atoms with van der Waals surface area (Å²) < 4.78 is 0. The maximum atomic E-state index is 5.58. The summed E-state index contributed by atoms with van der Waals surface area (Å²) in [6, 6.07) is 7.43. The predicted octanol–water partition coefficient (Wildman–Crippen LogP) is 2.11. The van der Waals surface area contributed by atoms with Crippen LogP contribution in [-0.4, -0.2) is 9.97 Å². The van der Waals surface area contributed by atoms with E-state index in [0.29, 0.717) is 5.95 Å². The first-order valence-electron chi connectivity index (χ1n) is 4.65. The minimum Gasteiger partial charge on any atom is -0.399 e. The number of nitrogens with two attached hydrogens (primary N) is 1. The van der Waals surface area contributed by atoms with Crippen molar-refractivity contribution in [1.29, 1.82) is 0 Å². The molecule has 1 aromatic carbocycles. The van der Waals surface area contributed by atoms with E-state index in [1.54, 1.807) is 12.4 Å². The Kier molecular flexibility index (Phi) is 2.49. The van der Waals surface area contributed by atoms with E-state index >= 15 is 0 Å². The smallest absolute Gasteiger partial charge is 0.227 e. The Hall–Kier alpha value is -2.10. The number of aromatic nitrogens is 2. The van der Waals surface area contributed by atoms with Crippen molar-refractivity contribution in [2.45, 2.75) is 6.92 Å². The van der Waals surface area contributed by atoms with Crippen molar-refractivity contribution in [1.82, 2.24) is 9.97 Å². The molecule has 0 bridgehead atoms. The molecule has 2 rings (SSSR count). The van der Waals surface area contributed by atoms with E-state index in [1.165, 1.54) is 0 Å². The molecule has 0 spiro atoms. The van der Waals surface area contributed by atoms with Gasteiger partial charge < -0.3 is 11.1 Å². The van der Waals surface area contributed by atoms with Gasteiger partial charge in [-0.05, 0) is 36.8 Å². The lowest BCUT2D eigenvalue weighted by Gasteiger charge is -2.04. The zero-order valence-corrected chi connectivity index (χ0v) is 8.44. The number of nitrogen functional groups attached to an aromatic ring is 1. The van der Waals surface area contributed by atoms with Crippen LogP contribution in [0.3, 0.4) is 0 Å². The van der Waals surface area contributed by atoms with Gasteiger partial charge in [0.05, 0.1) is 0 Å². The van der Waals surface area contributed by atoms with E-state index in [-0.39, 0.29) is 0 Å². The van der Waals surface area contributed by atoms with Gasteiger partial charge in [0.25, 0.3) is 0 Å². The summed E-state index contributed by atoms with van der Waals surface area (Å²) in [4.78, 5) is 8.29. The first-order chi connectivity index (χ1) is 7.24. The molecule has 1 aromatic heterocycles. The normalized spacial score (nSPS) is 9.93. The molecule has 0 saturated heterocycles. The highest BCUT2D eigenvalue weighted by molar-refractivity contribution is 5.56. The molecular formula is C11H12N4. The van der Waals surface area contributed by atoms with Crippen LogP contribution < -0.4 is 11.1 Å². The van der Waals surface area contributed by atoms with Crippen molar-refractivity contribution >= 4 is 17.3 Å². The number of rotatable bonds is 2. The van der Waals surface area contributed by atoms with E-state index in [4.69, 9.17) is 5.73 Å². The molecule has 0 saturated carbocycles. The van der Waals surface area contributed by atoms with Crippen LogP contribution in [0.1, 0.15) is 5.56 Å². The van der Waals surface area contributed by atoms with Crippen LogP contribution in [-0.2, 0) is 0 Å². The van der Waals surface area contributed by atoms with Crippen LogP contribution in [0.25, 0.3) is 0 Å². The Morgan fingerprint density at radius 2 is 1.67 bits per heavy atom. The summed E-state index contributed by atoms with van der Waals surface area (Å²) in [6.07, 6.45) is 3.54. The van der Waals surface area contributed by atoms with Gasteiger partial charge in [-0.2, -0.15) is 0 Å². The third kappa shape index (κ3) is 2.43. The summed E-state index contributed by atoms with van der Waals surface area (Å²) >= 11 is 0. The topological polar surface area (TPSA) is 63.8 Å². The number of hydrogen-bond donors (Lipinski definition) is 2. The number of nitrogens with one attached hydrogen (secondary N) is 1. The molecule has 15 heavy (non-hydrogen) atoms. The van der Waals surface area contributed by atoms with Crippen molar-refractivity contribution in [3.05, 3.63) is 42.2 Å². The lowest BCUT2D eigenvalue weighted by Crippen LogP contribution is -1.96. The molecular weight excluding hydrogens is 188 g/mol. The van der Waals surface area contributed by atoms with E-state index in [9.17, 15) is 0 Å². The van der Waals surface area contributed by atoms with Crippen molar-refractivity contribution < 1.29 is 0 Å². The first-order valence-corrected chi connectivity index (χ1v) is 4.65. The Balaban J connectivity index is 2.15. The van der Waals surface area contributed by atoms with Crippen molar-refractivity contribution in [3.63, 3.8) is 0 Å². The molecule has 0 radical (unpaired) electrons. The van der Waals surface area contributed by atoms with Gasteiger partial charge >= 0.3 is 0 Å². The van der Waals surface area contributed by atoms with Crippen LogP contribution in [0.5, 0.6) is 0 Å². The Labute approximate surface area is 88.2 Å². The third-order valence-electron chi connectivity index (χ3n) is 1.95. The summed E-state index contributed by atoms with van der Waals surface area (Å²) in [7, 11) is 0. The van der Waals surface area contributed by atoms with Gasteiger partial charge in [-0.25, -0.2) is 9.97 Å². The Morgan fingerprint density at radius 1 is 1.07 bits per heavy atom. The predicted molar refractivity (Wildman–Crippen MR) is 60.9 cm³/mol. The molecule has 3 N–H and O–H groups in total. The van der Waals surface area contributed by atoms with Crippen LogP contribution in [0, 0.1) is 6.92 Å². The van der Waals surface area contributed by atoms with Crippen LogP contribution in [0.2, 0.25) is 0 Å². The molecule has 0 aliphatic carbocycles. The largest absolute Gasteiger partial charge is 0.399 e. The highest BCUT2D eigenvalue weighted by atomic mass is 15.1. The van der Waals surface area contributed by atoms with Crippen LogP contribution in [0.4, 0.5) is 17.3 Å². The van der Waals surface area contributed by atoms with E-state index < -0.39 is 0 Å². The van der Waals surface area contributed by atoms with Crippen LogP contribution in [0.15, 0.2) is 36.7 Å². The SMILES string of the molecule is Cc1cnc(Nc2ccc(N)cc2)nc1. The number of anilines is 3. The Morgan fingerprint density at radius 3 is 2.27 bits per heavy atom. The first kappa shape index (κ1) is 9.45. The van der Waals surface area contributed by atoms with E-state index in [0.717, 1.165) is 16.9 Å². The highest BCUT2D eigenvalue weighted by Gasteiger charge is 1.96. The second-order valence-electron chi connectivity index (χ2n) is 3.33. The maximum Gasteiger partial charge on any atom is 0.227 e. The van der Waals surface area contributed by atoms with Gasteiger partial charge in [0.1, 0.15) is 0 Å². The van der Waals surface area contributed by atoms with E-state index in [2.05, 4.69) is 15.3 Å². The van der Waals surface area contributed by atoms with Gasteiger partial charge in [-0.3, -0.25) is 0 Å². The molecule has 0 aliphatic heterocycles. The average Bonchev–Trinajstić information content (AvgIpc) is 2.25. The number of aryl methyl sites for hydroxylation is 1. The van der Waals surface area contributed by atoms with Crippen molar-refractivity contribution in [3.8, 4) is 0 Å². The molecule has 0 unspecified atom stereocenters. The van der Waals surface area contributed by atoms with Crippen LogP contribution >= 0.6 is 0 Å². The lowest BCUT2D eigenvalue weighted by atomic mass is 10.3. The molecule has 2 aromatic rings. The van der Waals surface area contributed by atoms with E-state index in [1.807, 2.05) is 31.2 Å². The summed E-state index contributed by atoms with van der Waals surface area (Å²) in [6.45, 7) is 1.95. The zero-order chi connectivity index (χ0) is 10.7. The fourth-order valence-electron chi connectivity index (χ4n) is 1.15. The van der Waals surface area contributed by atoms with Gasteiger partial charge in [0, 0.05) is 23.8 Å². The Bertz CT molecular complexity index is 390. The number of benzene rings is 1. The fraction of sp³-hybridized carbons (Fsp3) is 0.0909. The van der Waals surface area contributed by atoms with Crippen molar-refractivity contribution in [2.24, 2.45) is 0 Å². The fourth-order valence-corrected chi connectivity index (χ4v) is 1.15. The lowest BCUT2D eigenvalue weighted by molar-refractivity contribution is 1.13. The molecule has 4 nitrogen and oxygen atoms in total. The summed E-state index contributed by atoms with van der Waals surface area (Å²) in [5, 5.41) is 3.08. The molecule has 1 heterocycles. The number of hydrogen-bond acceptors (Lipinski definition) is 4. The van der Waals surface area contributed by atoms with Crippen molar-refractivity contribution in [2.75, 3.05) is 11.1 Å². The molecule has 76 valence electrons. The second-order valence-corrected chi connectivity index (χ2v) is 3.33. The van der Waals surface area contributed by atoms with Gasteiger partial charge in [-0.1, -0.05) is 0 Å². The molecule has 0 amide bonds.